The molecule has 0 saturated carbocycles. The quantitative estimate of drug-likeness (QED) is 0.634. The Labute approximate surface area is 138 Å². The minimum absolute atomic E-state index is 0.0600. The van der Waals surface area contributed by atoms with Crippen LogP contribution < -0.4 is 9.64 Å². The van der Waals surface area contributed by atoms with Crippen LogP contribution in [0.3, 0.4) is 0 Å². The third-order valence-corrected chi connectivity index (χ3v) is 3.86. The van der Waals surface area contributed by atoms with E-state index in [9.17, 15) is 14.9 Å². The fourth-order valence-electron chi connectivity index (χ4n) is 2.70. The number of hydrogen-bond acceptors (Lipinski definition) is 5. The monoisotopic (exact) mass is 330 g/mol. The van der Waals surface area contributed by atoms with E-state index in [4.69, 9.17) is 4.74 Å². The molecule has 126 valence electrons. The summed E-state index contributed by atoms with van der Waals surface area (Å²) in [5.74, 6) is 0.637. The van der Waals surface area contributed by atoms with Gasteiger partial charge < -0.3 is 9.64 Å². The van der Waals surface area contributed by atoms with Gasteiger partial charge in [-0.1, -0.05) is 6.07 Å². The van der Waals surface area contributed by atoms with E-state index in [0.29, 0.717) is 18.8 Å². The van der Waals surface area contributed by atoms with E-state index >= 15 is 0 Å². The molecule has 0 aliphatic carbocycles. The fraction of sp³-hybridized carbons (Fsp3) is 0.375. The molecule has 1 amide bonds. The highest BCUT2D eigenvalue weighted by molar-refractivity contribution is 5.95. The van der Waals surface area contributed by atoms with Crippen LogP contribution in [0.5, 0.6) is 5.75 Å². The lowest BCUT2D eigenvalue weighted by Gasteiger charge is -2.33. The maximum absolute atomic E-state index is 12.6. The second-order valence-corrected chi connectivity index (χ2v) is 5.87. The molecule has 2 aromatic rings. The summed E-state index contributed by atoms with van der Waals surface area (Å²) in [5, 5.41) is 14.6. The molecule has 0 spiro atoms. The van der Waals surface area contributed by atoms with Gasteiger partial charge in [0.2, 0.25) is 5.91 Å². The summed E-state index contributed by atoms with van der Waals surface area (Å²) in [6.45, 7) is 4.65. The van der Waals surface area contributed by atoms with Crippen molar-refractivity contribution in [2.75, 3.05) is 11.4 Å². The van der Waals surface area contributed by atoms with Crippen LogP contribution in [0.1, 0.15) is 18.9 Å². The summed E-state index contributed by atoms with van der Waals surface area (Å²) in [7, 11) is 0. The van der Waals surface area contributed by atoms with Crippen molar-refractivity contribution in [2.24, 2.45) is 0 Å². The second-order valence-electron chi connectivity index (χ2n) is 5.87. The van der Waals surface area contributed by atoms with Gasteiger partial charge in [0.05, 0.1) is 17.2 Å². The van der Waals surface area contributed by atoms with Crippen LogP contribution in [0.15, 0.2) is 30.6 Å². The molecule has 0 saturated heterocycles. The van der Waals surface area contributed by atoms with Gasteiger partial charge in [-0.15, -0.1) is 0 Å². The van der Waals surface area contributed by atoms with Gasteiger partial charge in [-0.05, 0) is 31.5 Å². The van der Waals surface area contributed by atoms with E-state index in [1.165, 1.54) is 17.1 Å². The number of benzene rings is 1. The lowest BCUT2D eigenvalue weighted by Crippen LogP contribution is -2.42. The van der Waals surface area contributed by atoms with Crippen molar-refractivity contribution < 1.29 is 14.5 Å². The van der Waals surface area contributed by atoms with Crippen LogP contribution in [-0.4, -0.2) is 33.3 Å². The summed E-state index contributed by atoms with van der Waals surface area (Å²) < 4.78 is 7.19. The first-order valence-electron chi connectivity index (χ1n) is 7.68. The Morgan fingerprint density at radius 1 is 1.50 bits per heavy atom. The maximum Gasteiger partial charge on any atom is 0.306 e. The fourth-order valence-corrected chi connectivity index (χ4v) is 2.70. The first-order chi connectivity index (χ1) is 11.4. The predicted octanol–water partition coefficient (Wildman–Crippen LogP) is 2.30. The molecule has 24 heavy (non-hydrogen) atoms. The number of ether oxygens (including phenoxy) is 1. The van der Waals surface area contributed by atoms with Crippen molar-refractivity contribution in [3.05, 3.63) is 46.3 Å². The molecular formula is C16H18N4O4. The Morgan fingerprint density at radius 2 is 2.29 bits per heavy atom. The van der Waals surface area contributed by atoms with E-state index in [1.807, 2.05) is 32.0 Å². The number of rotatable bonds is 4. The Morgan fingerprint density at radius 3 is 3.00 bits per heavy atom. The van der Waals surface area contributed by atoms with Crippen LogP contribution in [0, 0.1) is 17.0 Å². The molecule has 8 nitrogen and oxygen atoms in total. The van der Waals surface area contributed by atoms with E-state index in [1.54, 1.807) is 4.90 Å². The Balaban J connectivity index is 1.73. The number of anilines is 1. The van der Waals surface area contributed by atoms with E-state index in [0.717, 1.165) is 11.3 Å². The Bertz CT molecular complexity index is 786. The molecule has 1 aliphatic heterocycles. The van der Waals surface area contributed by atoms with Crippen LogP contribution in [0.4, 0.5) is 11.4 Å². The molecule has 1 aromatic carbocycles. The van der Waals surface area contributed by atoms with Crippen molar-refractivity contribution in [3.8, 4) is 5.75 Å². The molecule has 0 fully saturated rings. The van der Waals surface area contributed by atoms with E-state index in [2.05, 4.69) is 5.10 Å². The van der Waals surface area contributed by atoms with Gasteiger partial charge >= 0.3 is 5.69 Å². The largest absolute Gasteiger partial charge is 0.487 e. The smallest absolute Gasteiger partial charge is 0.306 e. The van der Waals surface area contributed by atoms with Crippen LogP contribution in [-0.2, 0) is 11.3 Å². The molecule has 2 heterocycles. The first-order valence-corrected chi connectivity index (χ1v) is 7.68. The third kappa shape index (κ3) is 3.22. The Hall–Kier alpha value is -2.90. The van der Waals surface area contributed by atoms with Crippen molar-refractivity contribution in [2.45, 2.75) is 32.9 Å². The highest BCUT2D eigenvalue weighted by Crippen LogP contribution is 2.34. The lowest BCUT2D eigenvalue weighted by molar-refractivity contribution is -0.385. The van der Waals surface area contributed by atoms with Crippen molar-refractivity contribution >= 4 is 17.3 Å². The SMILES string of the molecule is Cc1ccc2c(c1)N(C(=O)CCn1cc([N+](=O)[O-])cn1)CC(C)O2. The summed E-state index contributed by atoms with van der Waals surface area (Å²) in [4.78, 5) is 24.5. The number of hydrogen-bond donors (Lipinski definition) is 0. The highest BCUT2D eigenvalue weighted by atomic mass is 16.6. The molecule has 0 bridgehead atoms. The summed E-state index contributed by atoms with van der Waals surface area (Å²) >= 11 is 0. The first kappa shape index (κ1) is 16.0. The minimum Gasteiger partial charge on any atom is -0.487 e. The molecule has 3 rings (SSSR count). The van der Waals surface area contributed by atoms with Crippen LogP contribution in [0.25, 0.3) is 0 Å². The van der Waals surface area contributed by atoms with Gasteiger partial charge in [0, 0.05) is 13.0 Å². The van der Waals surface area contributed by atoms with Gasteiger partial charge in [0.1, 0.15) is 24.2 Å². The van der Waals surface area contributed by atoms with Gasteiger partial charge in [0.15, 0.2) is 0 Å². The standard InChI is InChI=1S/C16H18N4O4/c1-11-3-4-15-14(7-11)19(9-12(2)24-15)16(21)5-6-18-10-13(8-17-18)20(22)23/h3-4,7-8,10,12H,5-6,9H2,1-2H3. The third-order valence-electron chi connectivity index (χ3n) is 3.86. The summed E-state index contributed by atoms with van der Waals surface area (Å²) in [6.07, 6.45) is 2.63. The van der Waals surface area contributed by atoms with Crippen LogP contribution >= 0.6 is 0 Å². The molecule has 1 unspecified atom stereocenters. The molecule has 1 aliphatic rings. The zero-order chi connectivity index (χ0) is 17.3. The van der Waals surface area contributed by atoms with Gasteiger partial charge in [-0.25, -0.2) is 0 Å². The zero-order valence-electron chi connectivity index (χ0n) is 13.5. The average Bonchev–Trinajstić information content (AvgIpc) is 3.01. The number of aryl methyl sites for hydroxylation is 2. The normalized spacial score (nSPS) is 16.4. The molecule has 0 radical (unpaired) electrons. The zero-order valence-corrected chi connectivity index (χ0v) is 13.5. The van der Waals surface area contributed by atoms with Crippen molar-refractivity contribution in [1.29, 1.82) is 0 Å². The number of carbonyl (C=O) groups is 1. The average molecular weight is 330 g/mol. The number of amides is 1. The second kappa shape index (κ2) is 6.31. The number of aromatic nitrogens is 2. The van der Waals surface area contributed by atoms with E-state index < -0.39 is 4.92 Å². The van der Waals surface area contributed by atoms with Gasteiger partial charge in [0.25, 0.3) is 0 Å². The highest BCUT2D eigenvalue weighted by Gasteiger charge is 2.27. The lowest BCUT2D eigenvalue weighted by atomic mass is 10.1. The molecule has 1 aromatic heterocycles. The van der Waals surface area contributed by atoms with Gasteiger partial charge in [-0.3, -0.25) is 19.6 Å². The minimum atomic E-state index is -0.506. The van der Waals surface area contributed by atoms with Crippen molar-refractivity contribution in [3.63, 3.8) is 0 Å². The predicted molar refractivity (Wildman–Crippen MR) is 87.1 cm³/mol. The van der Waals surface area contributed by atoms with Crippen LogP contribution in [0.2, 0.25) is 0 Å². The molecule has 1 atom stereocenters. The van der Waals surface area contributed by atoms with Crippen molar-refractivity contribution in [1.82, 2.24) is 9.78 Å². The maximum atomic E-state index is 12.6. The Kier molecular flexibility index (Phi) is 4.20. The molecule has 8 heteroatoms. The topological polar surface area (TPSA) is 90.5 Å². The molecular weight excluding hydrogens is 312 g/mol. The summed E-state index contributed by atoms with van der Waals surface area (Å²) in [5.41, 5.74) is 1.74. The van der Waals surface area contributed by atoms with E-state index in [-0.39, 0.29) is 24.1 Å². The number of fused-ring (bicyclic) bond motifs is 1. The number of carbonyl (C=O) groups excluding carboxylic acids is 1. The number of nitrogens with zero attached hydrogens (tertiary/aromatic N) is 4. The number of nitro groups is 1. The summed E-state index contributed by atoms with van der Waals surface area (Å²) in [6, 6.07) is 5.75. The molecule has 0 N–H and O–H groups in total. The van der Waals surface area contributed by atoms with Gasteiger partial charge in [-0.2, -0.15) is 5.10 Å².